The minimum atomic E-state index is -0.115. The Labute approximate surface area is 135 Å². The van der Waals surface area contributed by atoms with E-state index in [-0.39, 0.29) is 16.9 Å². The monoisotopic (exact) mass is 307 g/mol. The van der Waals surface area contributed by atoms with E-state index in [2.05, 4.69) is 64.9 Å². The Morgan fingerprint density at radius 1 is 1.09 bits per heavy atom. The molecule has 0 bridgehead atoms. The lowest BCUT2D eigenvalue weighted by Crippen LogP contribution is -2.34. The summed E-state index contributed by atoms with van der Waals surface area (Å²) in [5.74, 6) is 0. The molecule has 0 fully saturated rings. The Kier molecular flexibility index (Phi) is 6.21. The van der Waals surface area contributed by atoms with Crippen molar-refractivity contribution in [3.63, 3.8) is 0 Å². The van der Waals surface area contributed by atoms with Crippen LogP contribution in [0.25, 0.3) is 0 Å². The van der Waals surface area contributed by atoms with Gasteiger partial charge in [-0.15, -0.1) is 0 Å². The quantitative estimate of drug-likeness (QED) is 0.807. The maximum Gasteiger partial charge on any atom is 0.342 e. The Hall–Kier alpha value is -1.32. The Balaban J connectivity index is 2.87. The fourth-order valence-electron chi connectivity index (χ4n) is 2.26. The van der Waals surface area contributed by atoms with E-state index in [1.165, 1.54) is 12.8 Å². The van der Waals surface area contributed by atoms with Gasteiger partial charge in [-0.2, -0.15) is 9.78 Å². The highest BCUT2D eigenvalue weighted by Crippen LogP contribution is 2.28. The summed E-state index contributed by atoms with van der Waals surface area (Å²) in [7, 11) is 0. The van der Waals surface area contributed by atoms with Crippen LogP contribution in [-0.4, -0.2) is 22.4 Å². The number of carbonyl (C=O) groups is 1. The maximum absolute atomic E-state index is 12.5. The Morgan fingerprint density at radius 3 is 2.23 bits per heavy atom. The summed E-state index contributed by atoms with van der Waals surface area (Å²) in [5, 5.41) is 7.56. The number of rotatable bonds is 5. The lowest BCUT2D eigenvalue weighted by molar-refractivity contribution is 0.237. The largest absolute Gasteiger partial charge is 0.342 e. The highest BCUT2D eigenvalue weighted by atomic mass is 16.2. The number of hydrogen-bond donors (Lipinski definition) is 1. The Bertz CT molecular complexity index is 489. The molecule has 0 atom stereocenters. The Morgan fingerprint density at radius 2 is 1.73 bits per heavy atom. The van der Waals surface area contributed by atoms with Gasteiger partial charge >= 0.3 is 6.03 Å². The van der Waals surface area contributed by atoms with Crippen LogP contribution in [0.1, 0.15) is 85.5 Å². The van der Waals surface area contributed by atoms with Crippen LogP contribution in [0.3, 0.4) is 0 Å². The molecule has 1 amide bonds. The summed E-state index contributed by atoms with van der Waals surface area (Å²) in [4.78, 5) is 12.5. The van der Waals surface area contributed by atoms with Crippen molar-refractivity contribution in [1.82, 2.24) is 15.1 Å². The van der Waals surface area contributed by atoms with Gasteiger partial charge in [-0.25, -0.2) is 4.79 Å². The second-order valence-corrected chi connectivity index (χ2v) is 8.12. The van der Waals surface area contributed by atoms with Gasteiger partial charge in [-0.05, 0) is 12.5 Å². The van der Waals surface area contributed by atoms with E-state index >= 15 is 0 Å². The summed E-state index contributed by atoms with van der Waals surface area (Å²) in [6, 6.07) is 1.95. The summed E-state index contributed by atoms with van der Waals surface area (Å²) < 4.78 is 1.56. The van der Waals surface area contributed by atoms with Crippen LogP contribution in [0, 0.1) is 0 Å². The molecule has 4 heteroatoms. The predicted molar refractivity (Wildman–Crippen MR) is 92.6 cm³/mol. The van der Waals surface area contributed by atoms with Crippen molar-refractivity contribution < 1.29 is 4.79 Å². The van der Waals surface area contributed by atoms with Crippen molar-refractivity contribution in [3.8, 4) is 0 Å². The fourth-order valence-corrected chi connectivity index (χ4v) is 2.26. The van der Waals surface area contributed by atoms with Crippen LogP contribution in [0.4, 0.5) is 4.79 Å². The van der Waals surface area contributed by atoms with Crippen molar-refractivity contribution in [2.75, 3.05) is 6.54 Å². The molecule has 0 saturated heterocycles. The zero-order chi connectivity index (χ0) is 17.0. The molecule has 0 aliphatic rings. The standard InChI is InChI=1S/C18H33N3O/c1-8-9-10-11-12-19-16(22)21-15(18(5,6)7)13-14(20-21)17(2,3)4/h13H,8-12H2,1-7H3,(H,19,22). The summed E-state index contributed by atoms with van der Waals surface area (Å²) >= 11 is 0. The zero-order valence-corrected chi connectivity index (χ0v) is 15.4. The smallest absolute Gasteiger partial charge is 0.336 e. The van der Waals surface area contributed by atoms with E-state index in [4.69, 9.17) is 0 Å². The highest BCUT2D eigenvalue weighted by molar-refractivity contribution is 5.76. The van der Waals surface area contributed by atoms with Crippen LogP contribution >= 0.6 is 0 Å². The molecule has 0 radical (unpaired) electrons. The summed E-state index contributed by atoms with van der Waals surface area (Å²) in [6.07, 6.45) is 4.61. The van der Waals surface area contributed by atoms with Crippen LogP contribution in [0.15, 0.2) is 6.07 Å². The predicted octanol–water partition coefficient (Wildman–Crippen LogP) is 4.62. The molecular weight excluding hydrogens is 274 g/mol. The van der Waals surface area contributed by atoms with Gasteiger partial charge in [0.05, 0.1) is 11.4 Å². The van der Waals surface area contributed by atoms with Gasteiger partial charge in [-0.1, -0.05) is 67.7 Å². The molecule has 126 valence electrons. The average molecular weight is 307 g/mol. The van der Waals surface area contributed by atoms with Gasteiger partial charge < -0.3 is 5.32 Å². The maximum atomic E-state index is 12.5. The van der Waals surface area contributed by atoms with Crippen molar-refractivity contribution in [2.45, 2.75) is 85.0 Å². The van der Waals surface area contributed by atoms with Crippen LogP contribution in [-0.2, 0) is 10.8 Å². The normalized spacial score (nSPS) is 12.5. The molecule has 0 spiro atoms. The average Bonchev–Trinajstić information content (AvgIpc) is 2.83. The minimum absolute atomic E-state index is 0.0628. The molecular formula is C18H33N3O. The number of aromatic nitrogens is 2. The lowest BCUT2D eigenvalue weighted by Gasteiger charge is -2.19. The highest BCUT2D eigenvalue weighted by Gasteiger charge is 2.28. The molecule has 0 unspecified atom stereocenters. The third-order valence-corrected chi connectivity index (χ3v) is 3.75. The molecule has 1 N–H and O–H groups in total. The number of nitrogens with zero attached hydrogens (tertiary/aromatic N) is 2. The third kappa shape index (κ3) is 5.15. The van der Waals surface area contributed by atoms with Crippen molar-refractivity contribution in [3.05, 3.63) is 17.5 Å². The van der Waals surface area contributed by atoms with Gasteiger partial charge in [0, 0.05) is 17.4 Å². The second kappa shape index (κ2) is 7.30. The minimum Gasteiger partial charge on any atom is -0.336 e. The van der Waals surface area contributed by atoms with Gasteiger partial charge in [0.1, 0.15) is 0 Å². The first-order chi connectivity index (χ1) is 10.1. The first-order valence-corrected chi connectivity index (χ1v) is 8.46. The molecule has 0 aliphatic carbocycles. The van der Waals surface area contributed by atoms with E-state index in [1.54, 1.807) is 4.68 Å². The zero-order valence-electron chi connectivity index (χ0n) is 15.4. The molecule has 0 saturated carbocycles. The number of unbranched alkanes of at least 4 members (excludes halogenated alkanes) is 3. The lowest BCUT2D eigenvalue weighted by atomic mass is 9.88. The number of nitrogens with one attached hydrogen (secondary N) is 1. The van der Waals surface area contributed by atoms with E-state index in [0.29, 0.717) is 6.54 Å². The van der Waals surface area contributed by atoms with Crippen LogP contribution in [0.5, 0.6) is 0 Å². The van der Waals surface area contributed by atoms with Crippen molar-refractivity contribution in [1.29, 1.82) is 0 Å². The van der Waals surface area contributed by atoms with Crippen molar-refractivity contribution in [2.24, 2.45) is 0 Å². The van der Waals surface area contributed by atoms with Crippen LogP contribution < -0.4 is 5.32 Å². The molecule has 1 heterocycles. The van der Waals surface area contributed by atoms with E-state index in [0.717, 1.165) is 24.2 Å². The van der Waals surface area contributed by atoms with Gasteiger partial charge in [0.2, 0.25) is 0 Å². The van der Waals surface area contributed by atoms with Crippen molar-refractivity contribution >= 4 is 6.03 Å². The van der Waals surface area contributed by atoms with Gasteiger partial charge in [-0.3, -0.25) is 0 Å². The topological polar surface area (TPSA) is 46.9 Å². The van der Waals surface area contributed by atoms with Gasteiger partial charge in [0.25, 0.3) is 0 Å². The fraction of sp³-hybridized carbons (Fsp3) is 0.778. The third-order valence-electron chi connectivity index (χ3n) is 3.75. The number of amides is 1. The SMILES string of the molecule is CCCCCCNC(=O)n1nc(C(C)(C)C)cc1C(C)(C)C. The summed E-state index contributed by atoms with van der Waals surface area (Å²) in [6.45, 7) is 15.6. The molecule has 22 heavy (non-hydrogen) atoms. The molecule has 0 aliphatic heterocycles. The molecule has 0 aromatic carbocycles. The summed E-state index contributed by atoms with van der Waals surface area (Å²) in [5.41, 5.74) is 1.74. The first-order valence-electron chi connectivity index (χ1n) is 8.46. The van der Waals surface area contributed by atoms with E-state index in [9.17, 15) is 4.79 Å². The molecule has 1 aromatic heterocycles. The second-order valence-electron chi connectivity index (χ2n) is 8.12. The molecule has 4 nitrogen and oxygen atoms in total. The number of carbonyl (C=O) groups excluding carboxylic acids is 1. The molecule has 1 aromatic rings. The van der Waals surface area contributed by atoms with Gasteiger partial charge in [0.15, 0.2) is 0 Å². The van der Waals surface area contributed by atoms with E-state index in [1.807, 2.05) is 0 Å². The van der Waals surface area contributed by atoms with E-state index < -0.39 is 0 Å². The number of hydrogen-bond acceptors (Lipinski definition) is 2. The molecule has 1 rings (SSSR count). The first kappa shape index (κ1) is 18.7. The van der Waals surface area contributed by atoms with Crippen LogP contribution in [0.2, 0.25) is 0 Å².